The van der Waals surface area contributed by atoms with Crippen molar-refractivity contribution in [3.63, 3.8) is 0 Å². The fraction of sp³-hybridized carbons (Fsp3) is 0.571. The van der Waals surface area contributed by atoms with Crippen molar-refractivity contribution in [2.75, 3.05) is 5.32 Å². The second-order valence-corrected chi connectivity index (χ2v) is 12.4. The van der Waals surface area contributed by atoms with Gasteiger partial charge in [-0.3, -0.25) is 0 Å². The van der Waals surface area contributed by atoms with Crippen LogP contribution < -0.4 is 5.32 Å². The highest BCUT2D eigenvalue weighted by molar-refractivity contribution is 7.16. The molecule has 4 aliphatic carbocycles. The van der Waals surface area contributed by atoms with Gasteiger partial charge in [0.2, 0.25) is 0 Å². The number of hydrogen-bond acceptors (Lipinski definition) is 5. The summed E-state index contributed by atoms with van der Waals surface area (Å²) < 4.78 is 0. The van der Waals surface area contributed by atoms with Crippen molar-refractivity contribution in [2.24, 2.45) is 33.7 Å². The Morgan fingerprint density at radius 3 is 2.70 bits per heavy atom. The second kappa shape index (κ2) is 7.43. The lowest BCUT2D eigenvalue weighted by Crippen LogP contribution is -2.49. The first-order valence-corrected chi connectivity index (χ1v) is 13.4. The molecular weight excluding hydrogens is 426 g/mol. The zero-order chi connectivity index (χ0) is 23.0. The highest BCUT2D eigenvalue weighted by atomic mass is 32.1. The van der Waals surface area contributed by atoms with Gasteiger partial charge in [-0.1, -0.05) is 54.1 Å². The summed E-state index contributed by atoms with van der Waals surface area (Å²) in [6.07, 6.45) is 10.6. The van der Waals surface area contributed by atoms with E-state index in [1.165, 1.54) is 41.0 Å². The van der Waals surface area contributed by atoms with Crippen LogP contribution in [0.15, 0.2) is 29.4 Å². The number of hydrogen-bond donors (Lipinski definition) is 2. The van der Waals surface area contributed by atoms with Crippen LogP contribution in [0.2, 0.25) is 0 Å². The zero-order valence-corrected chi connectivity index (χ0v) is 21.1. The van der Waals surface area contributed by atoms with Gasteiger partial charge in [0.1, 0.15) is 0 Å². The van der Waals surface area contributed by atoms with Gasteiger partial charge in [-0.15, -0.1) is 0 Å². The number of aryl methyl sites for hydroxylation is 3. The van der Waals surface area contributed by atoms with Gasteiger partial charge in [-0.25, -0.2) is 4.98 Å². The fourth-order valence-corrected chi connectivity index (χ4v) is 9.15. The van der Waals surface area contributed by atoms with Crippen molar-refractivity contribution < 1.29 is 5.21 Å². The monoisotopic (exact) mass is 461 g/mol. The third kappa shape index (κ3) is 3.07. The summed E-state index contributed by atoms with van der Waals surface area (Å²) in [4.78, 5) is 6.47. The average molecular weight is 462 g/mol. The largest absolute Gasteiger partial charge is 0.411 e. The Morgan fingerprint density at radius 1 is 1.09 bits per heavy atom. The molecule has 0 spiro atoms. The molecule has 0 unspecified atom stereocenters. The molecule has 4 aliphatic rings. The van der Waals surface area contributed by atoms with Crippen LogP contribution in [0.4, 0.5) is 10.8 Å². The van der Waals surface area contributed by atoms with Crippen LogP contribution in [0.1, 0.15) is 74.1 Å². The SMILES string of the molecule is Cc1ccc(Nc2nc3c(s2)C2=CC[C@@H]4[C@H](CC[C@]5(C)/C(=N/O)CC[C@@H]45)[C@@]2(C)CC3)c(C)c1. The predicted octanol–water partition coefficient (Wildman–Crippen LogP) is 7.52. The molecule has 4 nitrogen and oxygen atoms in total. The van der Waals surface area contributed by atoms with Gasteiger partial charge in [-0.2, -0.15) is 0 Å². The number of thiazole rings is 1. The van der Waals surface area contributed by atoms with Crippen LogP contribution >= 0.6 is 11.3 Å². The number of fused-ring (bicyclic) bond motifs is 7. The molecular formula is C28H35N3OS. The summed E-state index contributed by atoms with van der Waals surface area (Å²) >= 11 is 1.85. The van der Waals surface area contributed by atoms with Gasteiger partial charge in [0.05, 0.1) is 16.3 Å². The molecule has 5 atom stereocenters. The van der Waals surface area contributed by atoms with E-state index in [4.69, 9.17) is 4.98 Å². The third-order valence-corrected chi connectivity index (χ3v) is 10.8. The van der Waals surface area contributed by atoms with Gasteiger partial charge in [-0.05, 0) is 99.2 Å². The van der Waals surface area contributed by atoms with E-state index < -0.39 is 0 Å². The molecule has 6 rings (SSSR count). The topological polar surface area (TPSA) is 57.5 Å². The molecule has 2 saturated carbocycles. The lowest BCUT2D eigenvalue weighted by Gasteiger charge is -2.56. The molecule has 0 saturated heterocycles. The Kier molecular flexibility index (Phi) is 4.82. The van der Waals surface area contributed by atoms with E-state index in [1.807, 2.05) is 11.3 Å². The molecule has 0 bridgehead atoms. The number of allylic oxidation sites excluding steroid dienone is 2. The van der Waals surface area contributed by atoms with E-state index in [2.05, 4.69) is 62.4 Å². The summed E-state index contributed by atoms with van der Waals surface area (Å²) in [7, 11) is 0. The van der Waals surface area contributed by atoms with Crippen LogP contribution in [0.5, 0.6) is 0 Å². The summed E-state index contributed by atoms with van der Waals surface area (Å²) in [5, 5.41) is 18.0. The number of benzene rings is 1. The van der Waals surface area contributed by atoms with E-state index in [1.54, 1.807) is 5.57 Å². The maximum atomic E-state index is 9.62. The minimum absolute atomic E-state index is 0.102. The molecule has 0 radical (unpaired) electrons. The van der Waals surface area contributed by atoms with Crippen molar-refractivity contribution in [3.8, 4) is 0 Å². The average Bonchev–Trinajstić information content (AvgIpc) is 3.35. The van der Waals surface area contributed by atoms with Crippen molar-refractivity contribution in [3.05, 3.63) is 46.0 Å². The summed E-state index contributed by atoms with van der Waals surface area (Å²) in [5.41, 5.74) is 7.95. The number of aromatic nitrogens is 1. The van der Waals surface area contributed by atoms with E-state index in [0.717, 1.165) is 48.1 Å². The summed E-state index contributed by atoms with van der Waals surface area (Å²) in [6.45, 7) is 9.20. The predicted molar refractivity (Wildman–Crippen MR) is 137 cm³/mol. The van der Waals surface area contributed by atoms with Crippen molar-refractivity contribution in [1.82, 2.24) is 4.98 Å². The van der Waals surface area contributed by atoms with Crippen LogP contribution in [0, 0.1) is 42.4 Å². The molecule has 1 aromatic heterocycles. The minimum Gasteiger partial charge on any atom is -0.411 e. The second-order valence-electron chi connectivity index (χ2n) is 11.4. The van der Waals surface area contributed by atoms with Crippen LogP contribution in [0.3, 0.4) is 0 Å². The Labute approximate surface area is 201 Å². The van der Waals surface area contributed by atoms with Crippen LogP contribution in [-0.4, -0.2) is 15.9 Å². The molecule has 33 heavy (non-hydrogen) atoms. The fourth-order valence-electron chi connectivity index (χ4n) is 7.95. The maximum Gasteiger partial charge on any atom is 0.187 e. The number of rotatable bonds is 2. The molecule has 174 valence electrons. The number of oxime groups is 1. The van der Waals surface area contributed by atoms with E-state index in [9.17, 15) is 5.21 Å². The summed E-state index contributed by atoms with van der Waals surface area (Å²) in [5.74, 6) is 2.08. The third-order valence-electron chi connectivity index (χ3n) is 9.77. The molecule has 2 aromatic rings. The smallest absolute Gasteiger partial charge is 0.187 e. The summed E-state index contributed by atoms with van der Waals surface area (Å²) in [6, 6.07) is 6.56. The molecule has 0 aliphatic heterocycles. The molecule has 1 heterocycles. The first kappa shape index (κ1) is 21.4. The number of nitrogens with zero attached hydrogens (tertiary/aromatic N) is 2. The van der Waals surface area contributed by atoms with E-state index in [0.29, 0.717) is 11.8 Å². The van der Waals surface area contributed by atoms with Gasteiger partial charge in [0, 0.05) is 11.1 Å². The Balaban J connectivity index is 1.32. The maximum absolute atomic E-state index is 9.62. The quantitative estimate of drug-likeness (QED) is 0.359. The molecule has 2 N–H and O–H groups in total. The first-order chi connectivity index (χ1) is 15.8. The van der Waals surface area contributed by atoms with Crippen LogP contribution in [0.25, 0.3) is 5.57 Å². The van der Waals surface area contributed by atoms with Crippen LogP contribution in [-0.2, 0) is 6.42 Å². The molecule has 2 fully saturated rings. The normalized spacial score (nSPS) is 35.9. The van der Waals surface area contributed by atoms with Crippen molar-refractivity contribution in [1.29, 1.82) is 0 Å². The van der Waals surface area contributed by atoms with Crippen molar-refractivity contribution in [2.45, 2.75) is 72.6 Å². The highest BCUT2D eigenvalue weighted by Gasteiger charge is 2.58. The number of anilines is 2. The van der Waals surface area contributed by atoms with Gasteiger partial charge in [0.15, 0.2) is 5.13 Å². The van der Waals surface area contributed by atoms with E-state index in [-0.39, 0.29) is 10.8 Å². The highest BCUT2D eigenvalue weighted by Crippen LogP contribution is 2.65. The molecule has 0 amide bonds. The van der Waals surface area contributed by atoms with Gasteiger partial charge < -0.3 is 10.5 Å². The molecule has 1 aromatic carbocycles. The van der Waals surface area contributed by atoms with Crippen molar-refractivity contribution >= 4 is 33.4 Å². The lowest BCUT2D eigenvalue weighted by molar-refractivity contribution is 0.0110. The van der Waals surface area contributed by atoms with E-state index >= 15 is 0 Å². The Bertz CT molecular complexity index is 1180. The Hall–Kier alpha value is -2.14. The first-order valence-electron chi connectivity index (χ1n) is 12.6. The number of nitrogens with one attached hydrogen (secondary N) is 1. The lowest BCUT2D eigenvalue weighted by atomic mass is 9.48. The standard InChI is InChI=1S/C28H35N3OS/c1-16-5-9-22(17(2)15-16)29-26-30-23-12-14-27(3)20-11-13-28(4)19(8-10-24(28)31-32)18(20)6-7-21(27)25(23)33-26/h5,7,9,15,18-20,32H,6,8,10-14H2,1-4H3,(H,29,30)/b31-24+/t18-,19-,20-,27+,28-/m0/s1. The molecule has 5 heteroatoms. The van der Waals surface area contributed by atoms with Gasteiger partial charge >= 0.3 is 0 Å². The van der Waals surface area contributed by atoms with Gasteiger partial charge in [0.25, 0.3) is 0 Å². The Morgan fingerprint density at radius 2 is 1.91 bits per heavy atom. The zero-order valence-electron chi connectivity index (χ0n) is 20.2. The minimum atomic E-state index is 0.102.